The topological polar surface area (TPSA) is 60.9 Å². The molecule has 2 bridgehead atoms. The van der Waals surface area contributed by atoms with Crippen LogP contribution in [0.1, 0.15) is 36.0 Å². The fourth-order valence-corrected chi connectivity index (χ4v) is 4.33. The molecule has 0 saturated carbocycles. The van der Waals surface area contributed by atoms with Gasteiger partial charge in [-0.25, -0.2) is 4.79 Å². The summed E-state index contributed by atoms with van der Waals surface area (Å²) in [5.74, 6) is 0.811. The van der Waals surface area contributed by atoms with Crippen LogP contribution in [0.3, 0.4) is 0 Å². The summed E-state index contributed by atoms with van der Waals surface area (Å²) >= 11 is 0. The first-order valence-electron chi connectivity index (χ1n) is 9.31. The number of anilines is 1. The number of nitrogens with zero attached hydrogens (tertiary/aromatic N) is 2. The molecule has 1 aromatic carbocycles. The van der Waals surface area contributed by atoms with E-state index in [9.17, 15) is 4.79 Å². The minimum absolute atomic E-state index is 0.0592. The van der Waals surface area contributed by atoms with E-state index in [-0.39, 0.29) is 12.1 Å². The average molecular weight is 368 g/mol. The van der Waals surface area contributed by atoms with Crippen LogP contribution >= 0.6 is 0 Å². The SMILES string of the molecule is COc1ccc(C(=O)OC2CC3CC[C@H](C2)N3c2cccnc2)cc1OC. The molecule has 0 aliphatic carbocycles. The van der Waals surface area contributed by atoms with Gasteiger partial charge in [-0.15, -0.1) is 0 Å². The van der Waals surface area contributed by atoms with Crippen molar-refractivity contribution >= 4 is 11.7 Å². The van der Waals surface area contributed by atoms with E-state index in [1.54, 1.807) is 38.6 Å². The van der Waals surface area contributed by atoms with Gasteiger partial charge in [-0.05, 0) is 43.2 Å². The zero-order valence-electron chi connectivity index (χ0n) is 15.6. The van der Waals surface area contributed by atoms with Gasteiger partial charge in [-0.3, -0.25) is 4.98 Å². The van der Waals surface area contributed by atoms with Gasteiger partial charge in [-0.2, -0.15) is 0 Å². The molecule has 3 heterocycles. The fourth-order valence-electron chi connectivity index (χ4n) is 4.33. The summed E-state index contributed by atoms with van der Waals surface area (Å²) in [5, 5.41) is 0. The Labute approximate surface area is 159 Å². The lowest BCUT2D eigenvalue weighted by atomic mass is 9.99. The number of aromatic nitrogens is 1. The van der Waals surface area contributed by atoms with Crippen LogP contribution in [0.15, 0.2) is 42.7 Å². The Morgan fingerprint density at radius 2 is 1.81 bits per heavy atom. The van der Waals surface area contributed by atoms with Crippen LogP contribution in [0.2, 0.25) is 0 Å². The summed E-state index contributed by atoms with van der Waals surface area (Å²) in [6.45, 7) is 0. The third-order valence-electron chi connectivity index (χ3n) is 5.53. The van der Waals surface area contributed by atoms with Gasteiger partial charge in [0, 0.05) is 31.1 Å². The van der Waals surface area contributed by atoms with E-state index >= 15 is 0 Å². The van der Waals surface area contributed by atoms with Crippen molar-refractivity contribution in [3.63, 3.8) is 0 Å². The van der Waals surface area contributed by atoms with Crippen molar-refractivity contribution in [1.82, 2.24) is 4.98 Å². The molecule has 2 aliphatic rings. The first-order valence-corrected chi connectivity index (χ1v) is 9.31. The highest BCUT2D eigenvalue weighted by Gasteiger charge is 2.42. The third kappa shape index (κ3) is 3.44. The Morgan fingerprint density at radius 1 is 1.07 bits per heavy atom. The standard InChI is InChI=1S/C21H24N2O4/c1-25-19-8-5-14(10-20(19)26-2)21(24)27-18-11-15-6-7-16(12-18)23(15)17-4-3-9-22-13-17/h3-5,8-10,13,15-16,18H,6-7,11-12H2,1-2H3/t15-,16?,18?/m1/s1. The van der Waals surface area contributed by atoms with Gasteiger partial charge in [0.05, 0.1) is 31.7 Å². The average Bonchev–Trinajstić information content (AvgIpc) is 2.98. The number of carbonyl (C=O) groups is 1. The highest BCUT2D eigenvalue weighted by molar-refractivity contribution is 5.90. The Bertz CT molecular complexity index is 797. The first-order chi connectivity index (χ1) is 13.2. The van der Waals surface area contributed by atoms with Crippen molar-refractivity contribution < 1.29 is 19.0 Å². The second kappa shape index (κ2) is 7.47. The van der Waals surface area contributed by atoms with Crippen molar-refractivity contribution in [3.8, 4) is 11.5 Å². The van der Waals surface area contributed by atoms with Gasteiger partial charge in [0.1, 0.15) is 6.10 Å². The van der Waals surface area contributed by atoms with Crippen molar-refractivity contribution in [2.45, 2.75) is 43.9 Å². The van der Waals surface area contributed by atoms with E-state index in [2.05, 4.69) is 16.0 Å². The van der Waals surface area contributed by atoms with Gasteiger partial charge in [0.15, 0.2) is 11.5 Å². The lowest BCUT2D eigenvalue weighted by Crippen LogP contribution is -2.46. The number of fused-ring (bicyclic) bond motifs is 2. The fraction of sp³-hybridized carbons (Fsp3) is 0.429. The number of hydrogen-bond donors (Lipinski definition) is 0. The molecule has 0 N–H and O–H groups in total. The number of methoxy groups -OCH3 is 2. The van der Waals surface area contributed by atoms with Crippen molar-refractivity contribution in [2.75, 3.05) is 19.1 Å². The zero-order chi connectivity index (χ0) is 18.8. The van der Waals surface area contributed by atoms with E-state index in [0.29, 0.717) is 29.1 Å². The number of hydrogen-bond acceptors (Lipinski definition) is 6. The normalized spacial score (nSPS) is 23.8. The Morgan fingerprint density at radius 3 is 2.44 bits per heavy atom. The molecule has 1 aromatic heterocycles. The molecule has 142 valence electrons. The molecule has 2 fully saturated rings. The zero-order valence-corrected chi connectivity index (χ0v) is 15.6. The molecule has 2 unspecified atom stereocenters. The molecule has 0 radical (unpaired) electrons. The Hall–Kier alpha value is -2.76. The first kappa shape index (κ1) is 17.6. The van der Waals surface area contributed by atoms with Crippen molar-refractivity contribution in [1.29, 1.82) is 0 Å². The second-order valence-electron chi connectivity index (χ2n) is 7.07. The molecule has 4 rings (SSSR count). The van der Waals surface area contributed by atoms with Crippen LogP contribution in [-0.2, 0) is 4.74 Å². The summed E-state index contributed by atoms with van der Waals surface area (Å²) in [7, 11) is 3.13. The van der Waals surface area contributed by atoms with Crippen LogP contribution in [0.5, 0.6) is 11.5 Å². The number of ether oxygens (including phenoxy) is 3. The van der Waals surface area contributed by atoms with Crippen LogP contribution in [0, 0.1) is 0 Å². The molecule has 3 atom stereocenters. The quantitative estimate of drug-likeness (QED) is 0.754. The summed E-state index contributed by atoms with van der Waals surface area (Å²) in [5.41, 5.74) is 1.64. The molecular formula is C21H24N2O4. The highest BCUT2D eigenvalue weighted by atomic mass is 16.5. The Kier molecular flexibility index (Phi) is 4.88. The number of carbonyl (C=O) groups excluding carboxylic acids is 1. The maximum Gasteiger partial charge on any atom is 0.338 e. The smallest absolute Gasteiger partial charge is 0.338 e. The summed E-state index contributed by atoms with van der Waals surface area (Å²) in [4.78, 5) is 19.3. The van der Waals surface area contributed by atoms with Crippen LogP contribution in [0.25, 0.3) is 0 Å². The number of esters is 1. The van der Waals surface area contributed by atoms with Gasteiger partial charge < -0.3 is 19.1 Å². The van der Waals surface area contributed by atoms with Gasteiger partial charge in [-0.1, -0.05) is 0 Å². The molecule has 27 heavy (non-hydrogen) atoms. The molecule has 0 amide bonds. The monoisotopic (exact) mass is 368 g/mol. The maximum absolute atomic E-state index is 12.6. The minimum atomic E-state index is -0.310. The van der Waals surface area contributed by atoms with Gasteiger partial charge >= 0.3 is 5.97 Å². The predicted octanol–water partition coefficient (Wildman–Crippen LogP) is 3.46. The number of benzene rings is 1. The van der Waals surface area contributed by atoms with Crippen molar-refractivity contribution in [3.05, 3.63) is 48.3 Å². The summed E-state index contributed by atoms with van der Waals surface area (Å²) < 4.78 is 16.3. The third-order valence-corrected chi connectivity index (χ3v) is 5.53. The van der Waals surface area contributed by atoms with Gasteiger partial charge in [0.2, 0.25) is 0 Å². The predicted molar refractivity (Wildman–Crippen MR) is 102 cm³/mol. The van der Waals surface area contributed by atoms with E-state index in [1.165, 1.54) is 0 Å². The van der Waals surface area contributed by atoms with Crippen molar-refractivity contribution in [2.24, 2.45) is 0 Å². The number of rotatable bonds is 5. The van der Waals surface area contributed by atoms with E-state index < -0.39 is 0 Å². The molecular weight excluding hydrogens is 344 g/mol. The Balaban J connectivity index is 1.44. The summed E-state index contributed by atoms with van der Waals surface area (Å²) in [6, 6.07) is 9.98. The molecule has 2 aromatic rings. The summed E-state index contributed by atoms with van der Waals surface area (Å²) in [6.07, 6.45) is 7.61. The van der Waals surface area contributed by atoms with E-state index in [4.69, 9.17) is 14.2 Å². The van der Waals surface area contributed by atoms with E-state index in [1.807, 2.05) is 12.3 Å². The number of piperidine rings is 1. The molecule has 2 saturated heterocycles. The van der Waals surface area contributed by atoms with Gasteiger partial charge in [0.25, 0.3) is 0 Å². The molecule has 0 spiro atoms. The second-order valence-corrected chi connectivity index (χ2v) is 7.07. The van der Waals surface area contributed by atoms with Crippen LogP contribution in [-0.4, -0.2) is 43.4 Å². The van der Waals surface area contributed by atoms with E-state index in [0.717, 1.165) is 31.4 Å². The van der Waals surface area contributed by atoms with Crippen LogP contribution in [0.4, 0.5) is 5.69 Å². The largest absolute Gasteiger partial charge is 0.493 e. The number of pyridine rings is 1. The molecule has 6 nitrogen and oxygen atoms in total. The molecule has 2 aliphatic heterocycles. The molecule has 6 heteroatoms. The highest BCUT2D eigenvalue weighted by Crippen LogP contribution is 2.40. The lowest BCUT2D eigenvalue weighted by Gasteiger charge is -2.40. The minimum Gasteiger partial charge on any atom is -0.493 e. The lowest BCUT2D eigenvalue weighted by molar-refractivity contribution is 0.0203. The van der Waals surface area contributed by atoms with Crippen LogP contribution < -0.4 is 14.4 Å². The maximum atomic E-state index is 12.6.